The molecule has 0 saturated heterocycles. The number of rotatable bonds is 3. The Kier molecular flexibility index (Phi) is 4.16. The Morgan fingerprint density at radius 3 is 2.83 bits per heavy atom. The first-order valence-corrected chi connectivity index (χ1v) is 7.72. The van der Waals surface area contributed by atoms with Crippen LogP contribution in [0.5, 0.6) is 5.75 Å². The molecule has 1 heterocycles. The van der Waals surface area contributed by atoms with Crippen molar-refractivity contribution in [1.82, 2.24) is 9.99 Å². The van der Waals surface area contributed by atoms with Crippen LogP contribution in [0.25, 0.3) is 10.9 Å². The van der Waals surface area contributed by atoms with Crippen molar-refractivity contribution >= 4 is 39.0 Å². The molecule has 0 unspecified atom stereocenters. The third-order valence-corrected chi connectivity index (χ3v) is 4.04. The highest BCUT2D eigenvalue weighted by Gasteiger charge is 2.12. The second-order valence-electron chi connectivity index (χ2n) is 5.05. The summed E-state index contributed by atoms with van der Waals surface area (Å²) >= 11 is 3.32. The van der Waals surface area contributed by atoms with Gasteiger partial charge >= 0.3 is 0 Å². The van der Waals surface area contributed by atoms with Crippen molar-refractivity contribution in [3.63, 3.8) is 0 Å². The number of hydrogen-bond donors (Lipinski definition) is 2. The average Bonchev–Trinajstić information content (AvgIpc) is 2.88. The van der Waals surface area contributed by atoms with Gasteiger partial charge in [0, 0.05) is 28.0 Å². The predicted molar refractivity (Wildman–Crippen MR) is 93.8 cm³/mol. The van der Waals surface area contributed by atoms with Crippen LogP contribution < -0.4 is 5.43 Å². The Morgan fingerprint density at radius 1 is 1.26 bits per heavy atom. The molecular weight excluding hydrogens is 358 g/mol. The molecular formula is C17H14BrN3O2. The van der Waals surface area contributed by atoms with E-state index in [1.807, 2.05) is 41.9 Å². The highest BCUT2D eigenvalue weighted by molar-refractivity contribution is 9.10. The number of amides is 1. The topological polar surface area (TPSA) is 66.6 Å². The molecule has 0 aliphatic carbocycles. The summed E-state index contributed by atoms with van der Waals surface area (Å²) in [5, 5.41) is 14.6. The maximum absolute atomic E-state index is 12.3. The number of nitrogens with one attached hydrogen (secondary N) is 1. The third-order valence-electron chi connectivity index (χ3n) is 3.54. The fraction of sp³-hybridized carbons (Fsp3) is 0.0588. The quantitative estimate of drug-likeness (QED) is 0.547. The van der Waals surface area contributed by atoms with E-state index >= 15 is 0 Å². The summed E-state index contributed by atoms with van der Waals surface area (Å²) in [5.74, 6) is -0.217. The molecule has 0 saturated carbocycles. The second-order valence-corrected chi connectivity index (χ2v) is 5.97. The molecule has 0 bridgehead atoms. The average molecular weight is 372 g/mol. The van der Waals surface area contributed by atoms with Crippen LogP contribution in [0.2, 0.25) is 0 Å². The Hall–Kier alpha value is -2.60. The summed E-state index contributed by atoms with van der Waals surface area (Å²) in [7, 11) is 1.83. The number of carbonyl (C=O) groups is 1. The summed E-state index contributed by atoms with van der Waals surface area (Å²) < 4.78 is 2.63. The van der Waals surface area contributed by atoms with E-state index in [2.05, 4.69) is 26.5 Å². The van der Waals surface area contributed by atoms with E-state index in [-0.39, 0.29) is 11.7 Å². The van der Waals surface area contributed by atoms with Crippen LogP contribution in [-0.4, -0.2) is 21.8 Å². The molecule has 23 heavy (non-hydrogen) atoms. The number of halogens is 1. The number of phenolic OH excluding ortho intramolecular Hbond substituents is 1. The number of hydrazone groups is 1. The third kappa shape index (κ3) is 3.12. The number of fused-ring (bicyclic) bond motifs is 1. The van der Waals surface area contributed by atoms with Crippen molar-refractivity contribution in [3.8, 4) is 5.75 Å². The largest absolute Gasteiger partial charge is 0.507 e. The first-order chi connectivity index (χ1) is 11.1. The molecule has 5 nitrogen and oxygen atoms in total. The number of aromatic hydroxyl groups is 1. The van der Waals surface area contributed by atoms with Crippen molar-refractivity contribution in [2.45, 2.75) is 0 Å². The standard InChI is InChI=1S/C17H14BrN3O2/c1-21-14-5-3-2-4-11(14)9-15(21)17(23)20-19-10-12-8-13(18)6-7-16(12)22/h2-10,22H,1H3,(H,20,23)/b19-10+. The molecule has 1 amide bonds. The Morgan fingerprint density at radius 2 is 2.04 bits per heavy atom. The van der Waals surface area contributed by atoms with Crippen LogP contribution in [0.1, 0.15) is 16.1 Å². The van der Waals surface area contributed by atoms with Gasteiger partial charge in [0.15, 0.2) is 0 Å². The van der Waals surface area contributed by atoms with Gasteiger partial charge in [0.2, 0.25) is 0 Å². The first-order valence-electron chi connectivity index (χ1n) is 6.92. The maximum atomic E-state index is 12.3. The van der Waals surface area contributed by atoms with Gasteiger partial charge in [0.25, 0.3) is 5.91 Å². The number of aromatic nitrogens is 1. The number of phenols is 1. The van der Waals surface area contributed by atoms with Crippen molar-refractivity contribution < 1.29 is 9.90 Å². The van der Waals surface area contributed by atoms with Crippen LogP contribution >= 0.6 is 15.9 Å². The Labute approximate surface area is 141 Å². The Bertz CT molecular complexity index is 915. The van der Waals surface area contributed by atoms with E-state index in [9.17, 15) is 9.90 Å². The molecule has 2 N–H and O–H groups in total. The summed E-state index contributed by atoms with van der Waals surface area (Å²) in [5.41, 5.74) is 4.48. The molecule has 3 rings (SSSR count). The van der Waals surface area contributed by atoms with E-state index in [1.54, 1.807) is 18.2 Å². The van der Waals surface area contributed by atoms with Crippen LogP contribution in [0, 0.1) is 0 Å². The molecule has 0 radical (unpaired) electrons. The fourth-order valence-corrected chi connectivity index (χ4v) is 2.73. The molecule has 0 atom stereocenters. The molecule has 0 aliphatic rings. The number of carbonyl (C=O) groups excluding carboxylic acids is 1. The molecule has 0 spiro atoms. The lowest BCUT2D eigenvalue weighted by atomic mass is 10.2. The maximum Gasteiger partial charge on any atom is 0.287 e. The van der Waals surface area contributed by atoms with Gasteiger partial charge in [-0.05, 0) is 30.3 Å². The number of hydrogen-bond acceptors (Lipinski definition) is 3. The Balaban J connectivity index is 1.80. The number of nitrogens with zero attached hydrogens (tertiary/aromatic N) is 2. The zero-order valence-electron chi connectivity index (χ0n) is 12.3. The molecule has 116 valence electrons. The summed E-state index contributed by atoms with van der Waals surface area (Å²) in [6.45, 7) is 0. The normalized spacial score (nSPS) is 11.2. The van der Waals surface area contributed by atoms with Crippen molar-refractivity contribution in [3.05, 3.63) is 64.3 Å². The summed E-state index contributed by atoms with van der Waals surface area (Å²) in [4.78, 5) is 12.3. The molecule has 0 fully saturated rings. The monoisotopic (exact) mass is 371 g/mol. The minimum Gasteiger partial charge on any atom is -0.507 e. The SMILES string of the molecule is Cn1c(C(=O)N/N=C/c2cc(Br)ccc2O)cc2ccccc21. The minimum absolute atomic E-state index is 0.0933. The van der Waals surface area contributed by atoms with Gasteiger partial charge in [-0.3, -0.25) is 4.79 Å². The highest BCUT2D eigenvalue weighted by Crippen LogP contribution is 2.20. The fourth-order valence-electron chi connectivity index (χ4n) is 2.35. The lowest BCUT2D eigenvalue weighted by molar-refractivity contribution is 0.0947. The van der Waals surface area contributed by atoms with E-state index in [0.29, 0.717) is 11.3 Å². The van der Waals surface area contributed by atoms with E-state index in [0.717, 1.165) is 15.4 Å². The van der Waals surface area contributed by atoms with Crippen molar-refractivity contribution in [2.24, 2.45) is 12.1 Å². The highest BCUT2D eigenvalue weighted by atomic mass is 79.9. The van der Waals surface area contributed by atoms with E-state index in [1.165, 1.54) is 6.21 Å². The van der Waals surface area contributed by atoms with Gasteiger partial charge in [-0.2, -0.15) is 5.10 Å². The molecule has 3 aromatic rings. The smallest absolute Gasteiger partial charge is 0.287 e. The predicted octanol–water partition coefficient (Wildman–Crippen LogP) is 3.41. The van der Waals surface area contributed by atoms with Crippen molar-refractivity contribution in [1.29, 1.82) is 0 Å². The van der Waals surface area contributed by atoms with Crippen LogP contribution in [-0.2, 0) is 7.05 Å². The van der Waals surface area contributed by atoms with Crippen LogP contribution in [0.4, 0.5) is 0 Å². The van der Waals surface area contributed by atoms with E-state index < -0.39 is 0 Å². The van der Waals surface area contributed by atoms with Crippen molar-refractivity contribution in [2.75, 3.05) is 0 Å². The van der Waals surface area contributed by atoms with Gasteiger partial charge in [-0.25, -0.2) is 5.43 Å². The summed E-state index contributed by atoms with van der Waals surface area (Å²) in [6, 6.07) is 14.6. The molecule has 0 aliphatic heterocycles. The lowest BCUT2D eigenvalue weighted by Crippen LogP contribution is -2.20. The van der Waals surface area contributed by atoms with E-state index in [4.69, 9.17) is 0 Å². The van der Waals surface area contributed by atoms with Crippen LogP contribution in [0.15, 0.2) is 58.1 Å². The van der Waals surface area contributed by atoms with Gasteiger partial charge in [0.05, 0.1) is 6.21 Å². The molecule has 2 aromatic carbocycles. The second kappa shape index (κ2) is 6.26. The number of aryl methyl sites for hydroxylation is 1. The zero-order valence-corrected chi connectivity index (χ0v) is 13.9. The molecule has 6 heteroatoms. The van der Waals surface area contributed by atoms with Gasteiger partial charge < -0.3 is 9.67 Å². The minimum atomic E-state index is -0.311. The van der Waals surface area contributed by atoms with Crippen LogP contribution in [0.3, 0.4) is 0 Å². The van der Waals surface area contributed by atoms with Gasteiger partial charge in [0.1, 0.15) is 11.4 Å². The zero-order chi connectivity index (χ0) is 16.4. The summed E-state index contributed by atoms with van der Waals surface area (Å²) in [6.07, 6.45) is 1.40. The molecule has 1 aromatic heterocycles. The number of benzene rings is 2. The van der Waals surface area contributed by atoms with Gasteiger partial charge in [-0.15, -0.1) is 0 Å². The van der Waals surface area contributed by atoms with Gasteiger partial charge in [-0.1, -0.05) is 34.1 Å². The first kappa shape index (κ1) is 15.3. The lowest BCUT2D eigenvalue weighted by Gasteiger charge is -2.03. The number of para-hydroxylation sites is 1.